The van der Waals surface area contributed by atoms with E-state index in [2.05, 4.69) is 5.32 Å². The Balaban J connectivity index is 2.07. The van der Waals surface area contributed by atoms with Crippen LogP contribution in [0.2, 0.25) is 0 Å². The summed E-state index contributed by atoms with van der Waals surface area (Å²) in [7, 11) is 0. The summed E-state index contributed by atoms with van der Waals surface area (Å²) in [5, 5.41) is 3.57. The second-order valence-corrected chi connectivity index (χ2v) is 3.79. The van der Waals surface area contributed by atoms with Crippen LogP contribution in [0.3, 0.4) is 0 Å². The highest BCUT2D eigenvalue weighted by Gasteiger charge is 2.13. The van der Waals surface area contributed by atoms with Crippen molar-refractivity contribution >= 4 is 16.9 Å². The van der Waals surface area contributed by atoms with Crippen molar-refractivity contribution < 1.29 is 4.79 Å². The minimum absolute atomic E-state index is 0.230. The largest absolute Gasteiger partial charge is 0.313 e. The summed E-state index contributed by atoms with van der Waals surface area (Å²) >= 11 is 1.43. The molecule has 10 heavy (non-hydrogen) atoms. The monoisotopic (exact) mass is 159 g/mol. The van der Waals surface area contributed by atoms with Crippen molar-refractivity contribution in [1.82, 2.24) is 5.32 Å². The lowest BCUT2D eigenvalue weighted by atomic mass is 10.3. The minimum atomic E-state index is 0.230. The zero-order valence-corrected chi connectivity index (χ0v) is 7.04. The van der Waals surface area contributed by atoms with Gasteiger partial charge in [0, 0.05) is 18.7 Å². The molecule has 2 nitrogen and oxygen atoms in total. The van der Waals surface area contributed by atoms with Gasteiger partial charge in [-0.1, -0.05) is 11.8 Å². The van der Waals surface area contributed by atoms with Gasteiger partial charge in [-0.05, 0) is 19.4 Å². The second kappa shape index (κ2) is 3.98. The molecule has 1 fully saturated rings. The van der Waals surface area contributed by atoms with Crippen LogP contribution in [-0.4, -0.2) is 23.5 Å². The lowest BCUT2D eigenvalue weighted by Crippen LogP contribution is -2.23. The van der Waals surface area contributed by atoms with Crippen LogP contribution in [0.1, 0.15) is 19.8 Å². The third-order valence-corrected chi connectivity index (χ3v) is 2.63. The molecule has 0 saturated carbocycles. The Hall–Kier alpha value is -0.0200. The van der Waals surface area contributed by atoms with Crippen LogP contribution in [0, 0.1) is 0 Å². The Bertz CT molecular complexity index is 121. The van der Waals surface area contributed by atoms with Gasteiger partial charge in [0.05, 0.1) is 0 Å². The van der Waals surface area contributed by atoms with E-state index in [9.17, 15) is 4.79 Å². The van der Waals surface area contributed by atoms with Crippen LogP contribution >= 0.6 is 11.8 Å². The molecular formula is C7H13NOS. The molecule has 0 aromatic heterocycles. The topological polar surface area (TPSA) is 29.1 Å². The molecule has 0 spiro atoms. The van der Waals surface area contributed by atoms with Crippen molar-refractivity contribution in [3.05, 3.63) is 0 Å². The highest BCUT2D eigenvalue weighted by molar-refractivity contribution is 8.13. The molecule has 0 aliphatic carbocycles. The zero-order valence-electron chi connectivity index (χ0n) is 6.22. The van der Waals surface area contributed by atoms with Gasteiger partial charge in [-0.3, -0.25) is 4.79 Å². The Morgan fingerprint density at radius 1 is 1.80 bits per heavy atom. The van der Waals surface area contributed by atoms with E-state index in [1.165, 1.54) is 24.6 Å². The highest BCUT2D eigenvalue weighted by atomic mass is 32.2. The van der Waals surface area contributed by atoms with Gasteiger partial charge in [0.1, 0.15) is 0 Å². The van der Waals surface area contributed by atoms with Crippen LogP contribution in [-0.2, 0) is 4.79 Å². The van der Waals surface area contributed by atoms with Gasteiger partial charge < -0.3 is 5.32 Å². The second-order valence-electron chi connectivity index (χ2n) is 2.60. The first-order valence-corrected chi connectivity index (χ1v) is 4.64. The van der Waals surface area contributed by atoms with Crippen LogP contribution in [0.5, 0.6) is 0 Å². The van der Waals surface area contributed by atoms with Gasteiger partial charge in [0.15, 0.2) is 5.12 Å². The van der Waals surface area contributed by atoms with Crippen molar-refractivity contribution in [2.75, 3.05) is 12.3 Å². The molecule has 1 saturated heterocycles. The molecule has 1 aliphatic heterocycles. The normalized spacial score (nSPS) is 25.1. The van der Waals surface area contributed by atoms with E-state index in [0.29, 0.717) is 6.04 Å². The predicted octanol–water partition coefficient (Wildman–Crippen LogP) is 1.02. The Morgan fingerprint density at radius 2 is 2.60 bits per heavy atom. The summed E-state index contributed by atoms with van der Waals surface area (Å²) in [4.78, 5) is 10.5. The first-order chi connectivity index (χ1) is 4.79. The van der Waals surface area contributed by atoms with E-state index in [-0.39, 0.29) is 5.12 Å². The van der Waals surface area contributed by atoms with Gasteiger partial charge in [0.25, 0.3) is 0 Å². The van der Waals surface area contributed by atoms with Gasteiger partial charge in [-0.2, -0.15) is 0 Å². The standard InChI is InChI=1S/C7H13NOS/c1-6(9)10-5-7-3-2-4-8-7/h7-8H,2-5H2,1H3. The first-order valence-electron chi connectivity index (χ1n) is 3.66. The molecule has 1 unspecified atom stereocenters. The average molecular weight is 159 g/mol. The van der Waals surface area contributed by atoms with E-state index < -0.39 is 0 Å². The SMILES string of the molecule is CC(=O)SCC1CCCN1. The number of nitrogens with one attached hydrogen (secondary N) is 1. The van der Waals surface area contributed by atoms with Crippen molar-refractivity contribution in [2.24, 2.45) is 0 Å². The Labute approximate surface area is 65.8 Å². The number of hydrogen-bond donors (Lipinski definition) is 1. The van der Waals surface area contributed by atoms with Gasteiger partial charge in [-0.15, -0.1) is 0 Å². The molecule has 0 aromatic carbocycles. The number of hydrogen-bond acceptors (Lipinski definition) is 3. The summed E-state index contributed by atoms with van der Waals surface area (Å²) in [5.41, 5.74) is 0. The lowest BCUT2D eigenvalue weighted by molar-refractivity contribution is -0.109. The molecule has 1 heterocycles. The molecule has 1 aliphatic rings. The predicted molar refractivity (Wildman–Crippen MR) is 44.2 cm³/mol. The smallest absolute Gasteiger partial charge is 0.185 e. The zero-order chi connectivity index (χ0) is 7.40. The van der Waals surface area contributed by atoms with Crippen LogP contribution in [0.15, 0.2) is 0 Å². The number of thioether (sulfide) groups is 1. The fourth-order valence-electron chi connectivity index (χ4n) is 1.12. The van der Waals surface area contributed by atoms with Gasteiger partial charge in [-0.25, -0.2) is 0 Å². The third-order valence-electron chi connectivity index (χ3n) is 1.65. The molecule has 1 atom stereocenters. The molecule has 0 radical (unpaired) electrons. The molecule has 0 aromatic rings. The van der Waals surface area contributed by atoms with Gasteiger partial charge >= 0.3 is 0 Å². The van der Waals surface area contributed by atoms with Crippen molar-refractivity contribution in [2.45, 2.75) is 25.8 Å². The highest BCUT2D eigenvalue weighted by Crippen LogP contribution is 2.11. The van der Waals surface area contributed by atoms with Crippen LogP contribution in [0.25, 0.3) is 0 Å². The van der Waals surface area contributed by atoms with Crippen LogP contribution in [0.4, 0.5) is 0 Å². The number of carbonyl (C=O) groups is 1. The molecule has 3 heteroatoms. The van der Waals surface area contributed by atoms with E-state index in [4.69, 9.17) is 0 Å². The minimum Gasteiger partial charge on any atom is -0.313 e. The summed E-state index contributed by atoms with van der Waals surface area (Å²) < 4.78 is 0. The molecular weight excluding hydrogens is 146 g/mol. The summed E-state index contributed by atoms with van der Waals surface area (Å²) in [5.74, 6) is 0.954. The quantitative estimate of drug-likeness (QED) is 0.652. The molecule has 0 amide bonds. The van der Waals surface area contributed by atoms with E-state index in [1.807, 2.05) is 0 Å². The maximum Gasteiger partial charge on any atom is 0.185 e. The molecule has 1 N–H and O–H groups in total. The maximum absolute atomic E-state index is 10.5. The fraction of sp³-hybridized carbons (Fsp3) is 0.857. The van der Waals surface area contributed by atoms with Crippen molar-refractivity contribution in [3.63, 3.8) is 0 Å². The Morgan fingerprint density at radius 3 is 3.10 bits per heavy atom. The number of rotatable bonds is 2. The summed E-state index contributed by atoms with van der Waals surface area (Å²) in [6.07, 6.45) is 2.50. The maximum atomic E-state index is 10.5. The lowest BCUT2D eigenvalue weighted by Gasteiger charge is -2.06. The molecule has 1 rings (SSSR count). The third kappa shape index (κ3) is 2.71. The van der Waals surface area contributed by atoms with Crippen molar-refractivity contribution in [3.8, 4) is 0 Å². The summed E-state index contributed by atoms with van der Waals surface area (Å²) in [6.45, 7) is 2.75. The first kappa shape index (κ1) is 8.08. The molecule has 0 bridgehead atoms. The van der Waals surface area contributed by atoms with E-state index >= 15 is 0 Å². The van der Waals surface area contributed by atoms with Gasteiger partial charge in [0.2, 0.25) is 0 Å². The average Bonchev–Trinajstić information content (AvgIpc) is 2.34. The summed E-state index contributed by atoms with van der Waals surface area (Å²) in [6, 6.07) is 0.592. The molecule has 58 valence electrons. The number of carbonyl (C=O) groups excluding carboxylic acids is 1. The van der Waals surface area contributed by atoms with Crippen LogP contribution < -0.4 is 5.32 Å². The van der Waals surface area contributed by atoms with E-state index in [0.717, 1.165) is 12.3 Å². The van der Waals surface area contributed by atoms with Crippen molar-refractivity contribution in [1.29, 1.82) is 0 Å². The fourth-order valence-corrected chi connectivity index (χ4v) is 1.84. The van der Waals surface area contributed by atoms with E-state index in [1.54, 1.807) is 6.92 Å². The Kier molecular flexibility index (Phi) is 3.22.